The highest BCUT2D eigenvalue weighted by atomic mass is 14.1. The number of benzene rings is 1. The molecule has 0 unspecified atom stereocenters. The van der Waals surface area contributed by atoms with Gasteiger partial charge in [0.2, 0.25) is 0 Å². The Morgan fingerprint density at radius 3 is 2.40 bits per heavy atom. The van der Waals surface area contributed by atoms with Gasteiger partial charge in [0.15, 0.2) is 0 Å². The van der Waals surface area contributed by atoms with Gasteiger partial charge in [-0.05, 0) is 36.5 Å². The predicted molar refractivity (Wildman–Crippen MR) is 66.8 cm³/mol. The third-order valence-electron chi connectivity index (χ3n) is 2.91. The largest absolute Gasteiger partial charge is 0.0772 e. The molecule has 0 heteroatoms. The van der Waals surface area contributed by atoms with Crippen LogP contribution in [-0.4, -0.2) is 0 Å². The van der Waals surface area contributed by atoms with Crippen molar-refractivity contribution in [3.05, 3.63) is 53.1 Å². The normalized spacial score (nSPS) is 15.1. The van der Waals surface area contributed by atoms with Crippen LogP contribution in [0.15, 0.2) is 42.0 Å². The van der Waals surface area contributed by atoms with Crippen molar-refractivity contribution in [1.29, 1.82) is 0 Å². The van der Waals surface area contributed by atoms with Crippen molar-refractivity contribution in [3.8, 4) is 0 Å². The van der Waals surface area contributed by atoms with Crippen LogP contribution >= 0.6 is 0 Å². The minimum absolute atomic E-state index is 1.10. The summed E-state index contributed by atoms with van der Waals surface area (Å²) in [5.74, 6) is 0. The summed E-state index contributed by atoms with van der Waals surface area (Å²) in [5, 5.41) is 0. The smallest absolute Gasteiger partial charge is 0.00857 e. The molecule has 1 aromatic rings. The molecule has 0 saturated carbocycles. The SMILES string of the molecule is CCCc1ccc(C2=CC(C)=CC2)cc1. The number of allylic oxidation sites excluding steroid dienone is 4. The maximum atomic E-state index is 2.29. The van der Waals surface area contributed by atoms with Gasteiger partial charge in [0.1, 0.15) is 0 Å². The second kappa shape index (κ2) is 4.48. The third-order valence-corrected chi connectivity index (χ3v) is 2.91. The van der Waals surface area contributed by atoms with E-state index in [2.05, 4.69) is 50.3 Å². The molecule has 1 aliphatic rings. The Morgan fingerprint density at radius 1 is 1.13 bits per heavy atom. The second-order valence-electron chi connectivity index (χ2n) is 4.27. The predicted octanol–water partition coefficient (Wildman–Crippen LogP) is 4.37. The summed E-state index contributed by atoms with van der Waals surface area (Å²) in [7, 11) is 0. The lowest BCUT2D eigenvalue weighted by Gasteiger charge is -2.03. The average Bonchev–Trinajstić information content (AvgIpc) is 2.67. The summed E-state index contributed by atoms with van der Waals surface area (Å²) in [4.78, 5) is 0. The van der Waals surface area contributed by atoms with E-state index >= 15 is 0 Å². The zero-order valence-electron chi connectivity index (χ0n) is 9.59. The van der Waals surface area contributed by atoms with Crippen LogP contribution in [0.4, 0.5) is 0 Å². The van der Waals surface area contributed by atoms with E-state index in [9.17, 15) is 0 Å². The molecule has 0 aromatic heterocycles. The van der Waals surface area contributed by atoms with Gasteiger partial charge in [-0.15, -0.1) is 0 Å². The summed E-state index contributed by atoms with van der Waals surface area (Å²) in [6.07, 6.45) is 8.09. The topological polar surface area (TPSA) is 0 Å². The van der Waals surface area contributed by atoms with Gasteiger partial charge in [-0.2, -0.15) is 0 Å². The van der Waals surface area contributed by atoms with Gasteiger partial charge in [0.05, 0.1) is 0 Å². The Bertz CT molecular complexity index is 391. The minimum Gasteiger partial charge on any atom is -0.0772 e. The van der Waals surface area contributed by atoms with E-state index in [0.717, 1.165) is 6.42 Å². The molecule has 0 fully saturated rings. The minimum atomic E-state index is 1.10. The maximum Gasteiger partial charge on any atom is -0.00857 e. The molecule has 0 atom stereocenters. The van der Waals surface area contributed by atoms with E-state index in [0.29, 0.717) is 0 Å². The van der Waals surface area contributed by atoms with Gasteiger partial charge in [-0.3, -0.25) is 0 Å². The standard InChI is InChI=1S/C15H18/c1-3-4-13-6-9-14(10-7-13)15-8-5-12(2)11-15/h5-7,9-11H,3-4,8H2,1-2H3. The molecule has 0 radical (unpaired) electrons. The van der Waals surface area contributed by atoms with Gasteiger partial charge in [0, 0.05) is 0 Å². The molecule has 0 heterocycles. The van der Waals surface area contributed by atoms with Gasteiger partial charge in [0.25, 0.3) is 0 Å². The molecule has 78 valence electrons. The fourth-order valence-corrected chi connectivity index (χ4v) is 2.04. The molecule has 1 aliphatic carbocycles. The highest BCUT2D eigenvalue weighted by Gasteiger charge is 2.05. The fraction of sp³-hybridized carbons (Fsp3) is 0.333. The van der Waals surface area contributed by atoms with Crippen LogP contribution in [0, 0.1) is 0 Å². The van der Waals surface area contributed by atoms with Crippen molar-refractivity contribution in [2.75, 3.05) is 0 Å². The molecule has 0 nitrogen and oxygen atoms in total. The van der Waals surface area contributed by atoms with Crippen LogP contribution in [0.2, 0.25) is 0 Å². The number of aryl methyl sites for hydroxylation is 1. The zero-order valence-corrected chi connectivity index (χ0v) is 9.59. The summed E-state index contributed by atoms with van der Waals surface area (Å²) >= 11 is 0. The molecule has 0 aliphatic heterocycles. The fourth-order valence-electron chi connectivity index (χ4n) is 2.04. The van der Waals surface area contributed by atoms with Crippen molar-refractivity contribution < 1.29 is 0 Å². The number of hydrogen-bond acceptors (Lipinski definition) is 0. The quantitative estimate of drug-likeness (QED) is 0.676. The summed E-state index contributed by atoms with van der Waals surface area (Å²) in [6.45, 7) is 4.39. The lowest BCUT2D eigenvalue weighted by atomic mass is 10.0. The lowest BCUT2D eigenvalue weighted by molar-refractivity contribution is 0.921. The molecule has 15 heavy (non-hydrogen) atoms. The molecule has 0 spiro atoms. The first-order valence-corrected chi connectivity index (χ1v) is 5.76. The molecule has 2 rings (SSSR count). The summed E-state index contributed by atoms with van der Waals surface area (Å²) in [5.41, 5.74) is 5.67. The van der Waals surface area contributed by atoms with Crippen LogP contribution in [0.5, 0.6) is 0 Å². The van der Waals surface area contributed by atoms with E-state index in [1.54, 1.807) is 0 Å². The Morgan fingerprint density at radius 2 is 1.87 bits per heavy atom. The first-order valence-electron chi connectivity index (χ1n) is 5.76. The van der Waals surface area contributed by atoms with Crippen LogP contribution in [0.1, 0.15) is 37.8 Å². The van der Waals surface area contributed by atoms with Gasteiger partial charge >= 0.3 is 0 Å². The molecule has 0 saturated heterocycles. The zero-order chi connectivity index (χ0) is 10.7. The number of rotatable bonds is 3. The van der Waals surface area contributed by atoms with Crippen LogP contribution in [0.3, 0.4) is 0 Å². The van der Waals surface area contributed by atoms with Crippen molar-refractivity contribution in [2.24, 2.45) is 0 Å². The van der Waals surface area contributed by atoms with E-state index in [-0.39, 0.29) is 0 Å². The molecule has 1 aromatic carbocycles. The Balaban J connectivity index is 2.14. The highest BCUT2D eigenvalue weighted by Crippen LogP contribution is 2.26. The first kappa shape index (κ1) is 10.2. The van der Waals surface area contributed by atoms with Crippen LogP contribution in [-0.2, 0) is 6.42 Å². The van der Waals surface area contributed by atoms with E-state index in [1.165, 1.54) is 35.1 Å². The Kier molecular flexibility index (Phi) is 3.05. The molecular weight excluding hydrogens is 180 g/mol. The van der Waals surface area contributed by atoms with Crippen LogP contribution < -0.4 is 0 Å². The van der Waals surface area contributed by atoms with Gasteiger partial charge < -0.3 is 0 Å². The Labute approximate surface area is 92.3 Å². The summed E-state index contributed by atoms with van der Waals surface area (Å²) < 4.78 is 0. The van der Waals surface area contributed by atoms with Crippen molar-refractivity contribution in [2.45, 2.75) is 33.1 Å². The maximum absolute atomic E-state index is 2.29. The highest BCUT2D eigenvalue weighted by molar-refractivity contribution is 5.72. The number of hydrogen-bond donors (Lipinski definition) is 0. The van der Waals surface area contributed by atoms with E-state index in [4.69, 9.17) is 0 Å². The second-order valence-corrected chi connectivity index (χ2v) is 4.27. The van der Waals surface area contributed by atoms with Crippen LogP contribution in [0.25, 0.3) is 5.57 Å². The monoisotopic (exact) mass is 198 g/mol. The molecule has 0 bridgehead atoms. The molecule has 0 amide bonds. The van der Waals surface area contributed by atoms with Gasteiger partial charge in [-0.25, -0.2) is 0 Å². The Hall–Kier alpha value is -1.30. The van der Waals surface area contributed by atoms with Gasteiger partial charge in [-0.1, -0.05) is 55.3 Å². The average molecular weight is 198 g/mol. The van der Waals surface area contributed by atoms with E-state index < -0.39 is 0 Å². The third kappa shape index (κ3) is 2.38. The summed E-state index contributed by atoms with van der Waals surface area (Å²) in [6, 6.07) is 9.02. The molecule has 0 N–H and O–H groups in total. The van der Waals surface area contributed by atoms with Crippen molar-refractivity contribution >= 4 is 5.57 Å². The van der Waals surface area contributed by atoms with Crippen molar-refractivity contribution in [1.82, 2.24) is 0 Å². The first-order chi connectivity index (χ1) is 7.29. The van der Waals surface area contributed by atoms with E-state index in [1.807, 2.05) is 0 Å². The van der Waals surface area contributed by atoms with Crippen molar-refractivity contribution in [3.63, 3.8) is 0 Å². The lowest BCUT2D eigenvalue weighted by Crippen LogP contribution is -1.85. The molecular formula is C15H18.